The predicted octanol–water partition coefficient (Wildman–Crippen LogP) is 5.61. The van der Waals surface area contributed by atoms with Crippen LogP contribution < -0.4 is 0 Å². The predicted molar refractivity (Wildman–Crippen MR) is 114 cm³/mol. The Morgan fingerprint density at radius 3 is 2.33 bits per heavy atom. The van der Waals surface area contributed by atoms with Gasteiger partial charge in [-0.05, 0) is 62.4 Å². The Hall–Kier alpha value is -1.64. The summed E-state index contributed by atoms with van der Waals surface area (Å²) in [7, 11) is 4.47. The van der Waals surface area contributed by atoms with Gasteiger partial charge in [0.25, 0.3) is 0 Å². The van der Waals surface area contributed by atoms with Crippen LogP contribution in [0.5, 0.6) is 0 Å². The smallest absolute Gasteiger partial charge is 0.0366 e. The van der Waals surface area contributed by atoms with Gasteiger partial charge in [0.05, 0.1) is 0 Å². The van der Waals surface area contributed by atoms with Gasteiger partial charge < -0.3 is 4.90 Å². The normalized spacial score (nSPS) is 24.6. The van der Waals surface area contributed by atoms with E-state index in [-0.39, 0.29) is 0 Å². The van der Waals surface area contributed by atoms with E-state index < -0.39 is 0 Å². The lowest BCUT2D eigenvalue weighted by molar-refractivity contribution is 0.0814. The number of piperidine rings is 1. The Bertz CT molecular complexity index is 718. The van der Waals surface area contributed by atoms with E-state index in [0.29, 0.717) is 12.1 Å². The highest BCUT2D eigenvalue weighted by Crippen LogP contribution is 2.38. The van der Waals surface area contributed by atoms with Crippen molar-refractivity contribution in [3.63, 3.8) is 0 Å². The summed E-state index contributed by atoms with van der Waals surface area (Å²) in [6.45, 7) is 2.27. The molecule has 0 amide bonds. The van der Waals surface area contributed by atoms with Gasteiger partial charge in [-0.25, -0.2) is 0 Å². The second-order valence-corrected chi connectivity index (χ2v) is 8.72. The van der Waals surface area contributed by atoms with E-state index in [9.17, 15) is 0 Å². The van der Waals surface area contributed by atoms with Crippen LogP contribution in [0.3, 0.4) is 0 Å². The zero-order chi connectivity index (χ0) is 18.6. The highest BCUT2D eigenvalue weighted by Gasteiger charge is 2.31. The van der Waals surface area contributed by atoms with Crippen molar-refractivity contribution in [2.75, 3.05) is 20.6 Å². The summed E-state index contributed by atoms with van der Waals surface area (Å²) in [5, 5.41) is 0. The fourth-order valence-electron chi connectivity index (χ4n) is 5.21. The first-order valence-corrected chi connectivity index (χ1v) is 10.8. The summed E-state index contributed by atoms with van der Waals surface area (Å²) in [5.74, 6) is 0.788. The lowest BCUT2D eigenvalue weighted by atomic mass is 9.89. The van der Waals surface area contributed by atoms with Crippen LogP contribution in [0.1, 0.15) is 67.2 Å². The summed E-state index contributed by atoms with van der Waals surface area (Å²) in [5.41, 5.74) is 4.66. The van der Waals surface area contributed by atoms with Crippen LogP contribution in [-0.2, 0) is 6.54 Å². The van der Waals surface area contributed by atoms with E-state index in [1.165, 1.54) is 50.6 Å². The van der Waals surface area contributed by atoms with Crippen molar-refractivity contribution in [1.29, 1.82) is 0 Å². The number of hydrogen-bond acceptors (Lipinski definition) is 2. The van der Waals surface area contributed by atoms with Crippen molar-refractivity contribution < 1.29 is 0 Å². The summed E-state index contributed by atoms with van der Waals surface area (Å²) in [6, 6.07) is 21.6. The third-order valence-corrected chi connectivity index (χ3v) is 6.82. The molecule has 144 valence electrons. The highest BCUT2D eigenvalue weighted by molar-refractivity contribution is 5.31. The van der Waals surface area contributed by atoms with Crippen LogP contribution in [0.25, 0.3) is 0 Å². The van der Waals surface area contributed by atoms with Gasteiger partial charge in [-0.15, -0.1) is 0 Å². The third-order valence-electron chi connectivity index (χ3n) is 6.82. The Morgan fingerprint density at radius 1 is 0.889 bits per heavy atom. The van der Waals surface area contributed by atoms with Gasteiger partial charge in [0.15, 0.2) is 0 Å². The van der Waals surface area contributed by atoms with E-state index in [1.54, 1.807) is 11.1 Å². The number of hydrogen-bond donors (Lipinski definition) is 0. The van der Waals surface area contributed by atoms with Gasteiger partial charge in [-0.3, -0.25) is 4.90 Å². The quantitative estimate of drug-likeness (QED) is 0.682. The van der Waals surface area contributed by atoms with Crippen molar-refractivity contribution in [2.45, 2.75) is 63.1 Å². The molecule has 4 rings (SSSR count). The minimum atomic E-state index is 0.518. The number of nitrogens with zero attached hydrogens (tertiary/aromatic N) is 2. The molecule has 1 aliphatic heterocycles. The molecule has 0 bridgehead atoms. The van der Waals surface area contributed by atoms with Gasteiger partial charge in [0.2, 0.25) is 0 Å². The van der Waals surface area contributed by atoms with E-state index in [0.717, 1.165) is 12.5 Å². The minimum absolute atomic E-state index is 0.518. The molecule has 2 fully saturated rings. The minimum Gasteiger partial charge on any atom is -0.306 e. The molecule has 1 saturated heterocycles. The monoisotopic (exact) mass is 362 g/mol. The summed E-state index contributed by atoms with van der Waals surface area (Å²) in [6.07, 6.45) is 8.05. The molecule has 2 unspecified atom stereocenters. The molecule has 2 atom stereocenters. The van der Waals surface area contributed by atoms with Crippen LogP contribution in [0.4, 0.5) is 0 Å². The van der Waals surface area contributed by atoms with Crippen LogP contribution in [-0.4, -0.2) is 36.5 Å². The molecule has 1 aliphatic carbocycles. The Kier molecular flexibility index (Phi) is 5.95. The zero-order valence-corrected chi connectivity index (χ0v) is 17.0. The Balaban J connectivity index is 1.58. The summed E-state index contributed by atoms with van der Waals surface area (Å²) < 4.78 is 0. The zero-order valence-electron chi connectivity index (χ0n) is 17.0. The molecule has 2 aliphatic rings. The molecule has 2 aromatic carbocycles. The number of rotatable bonds is 5. The molecule has 2 nitrogen and oxygen atoms in total. The highest BCUT2D eigenvalue weighted by atomic mass is 15.2. The van der Waals surface area contributed by atoms with Gasteiger partial charge in [-0.2, -0.15) is 0 Å². The van der Waals surface area contributed by atoms with Crippen LogP contribution >= 0.6 is 0 Å². The molecule has 2 heteroatoms. The lowest BCUT2D eigenvalue weighted by Crippen LogP contribution is -2.43. The van der Waals surface area contributed by atoms with E-state index in [2.05, 4.69) is 78.5 Å². The third kappa shape index (κ3) is 4.28. The summed E-state index contributed by atoms with van der Waals surface area (Å²) >= 11 is 0. The maximum absolute atomic E-state index is 2.74. The molecular formula is C25H34N2. The number of likely N-dealkylation sites (tertiary alicyclic amines) is 1. The topological polar surface area (TPSA) is 6.48 Å². The van der Waals surface area contributed by atoms with Gasteiger partial charge >= 0.3 is 0 Å². The second kappa shape index (κ2) is 8.58. The van der Waals surface area contributed by atoms with Gasteiger partial charge in [0, 0.05) is 25.2 Å². The molecule has 0 radical (unpaired) electrons. The van der Waals surface area contributed by atoms with Crippen molar-refractivity contribution in [3.8, 4) is 0 Å². The molecule has 0 N–H and O–H groups in total. The van der Waals surface area contributed by atoms with Crippen molar-refractivity contribution in [3.05, 3.63) is 71.3 Å². The standard InChI is InChI=1S/C25H34N2/c1-26(2)23-16-17-27(25(18-23)21-12-4-3-5-13-21)19-22-14-8-9-15-24(22)20-10-6-7-11-20/h3-5,8-9,12-15,20,23,25H,6-7,10-11,16-19H2,1-2H3. The van der Waals surface area contributed by atoms with Gasteiger partial charge in [-0.1, -0.05) is 67.4 Å². The van der Waals surface area contributed by atoms with Crippen molar-refractivity contribution >= 4 is 0 Å². The van der Waals surface area contributed by atoms with Crippen molar-refractivity contribution in [1.82, 2.24) is 9.80 Å². The van der Waals surface area contributed by atoms with Gasteiger partial charge in [0.1, 0.15) is 0 Å². The Morgan fingerprint density at radius 2 is 1.59 bits per heavy atom. The first kappa shape index (κ1) is 18.7. The van der Waals surface area contributed by atoms with E-state index in [4.69, 9.17) is 0 Å². The van der Waals surface area contributed by atoms with E-state index >= 15 is 0 Å². The molecule has 0 aromatic heterocycles. The summed E-state index contributed by atoms with van der Waals surface area (Å²) in [4.78, 5) is 5.16. The average molecular weight is 363 g/mol. The first-order valence-electron chi connectivity index (χ1n) is 10.8. The first-order chi connectivity index (χ1) is 13.2. The molecule has 2 aromatic rings. The second-order valence-electron chi connectivity index (χ2n) is 8.72. The van der Waals surface area contributed by atoms with Crippen molar-refractivity contribution in [2.24, 2.45) is 0 Å². The SMILES string of the molecule is CN(C)C1CCN(Cc2ccccc2C2CCCC2)C(c2ccccc2)C1. The molecule has 1 saturated carbocycles. The lowest BCUT2D eigenvalue weighted by Gasteiger charge is -2.42. The Labute approximate surface area is 165 Å². The average Bonchev–Trinajstić information content (AvgIpc) is 3.24. The molecule has 0 spiro atoms. The fraction of sp³-hybridized carbons (Fsp3) is 0.520. The molecular weight excluding hydrogens is 328 g/mol. The van der Waals surface area contributed by atoms with Crippen LogP contribution in [0.2, 0.25) is 0 Å². The fourth-order valence-corrected chi connectivity index (χ4v) is 5.21. The maximum atomic E-state index is 2.74. The van der Waals surface area contributed by atoms with E-state index in [1.807, 2.05) is 0 Å². The molecule has 1 heterocycles. The van der Waals surface area contributed by atoms with Crippen LogP contribution in [0, 0.1) is 0 Å². The maximum Gasteiger partial charge on any atom is 0.0366 e. The van der Waals surface area contributed by atoms with Crippen LogP contribution in [0.15, 0.2) is 54.6 Å². The largest absolute Gasteiger partial charge is 0.306 e. The molecule has 27 heavy (non-hydrogen) atoms. The number of benzene rings is 2.